The molecule has 1 heterocycles. The molecule has 0 spiro atoms. The summed E-state index contributed by atoms with van der Waals surface area (Å²) < 4.78 is 0. The van der Waals surface area contributed by atoms with Crippen molar-refractivity contribution in [2.24, 2.45) is 5.73 Å². The van der Waals surface area contributed by atoms with E-state index in [1.807, 2.05) is 6.92 Å². The number of nitrogens with two attached hydrogens (primary N) is 1. The van der Waals surface area contributed by atoms with E-state index in [2.05, 4.69) is 5.32 Å². The van der Waals surface area contributed by atoms with Gasteiger partial charge in [-0.2, -0.15) is 0 Å². The zero-order chi connectivity index (χ0) is 10.7. The summed E-state index contributed by atoms with van der Waals surface area (Å²) in [5.74, 6) is -0.961. The molecular weight excluding hydrogens is 186 g/mol. The molecule has 1 unspecified atom stereocenters. The predicted molar refractivity (Wildman–Crippen MR) is 48.1 cm³/mol. The molecule has 1 aliphatic rings. The van der Waals surface area contributed by atoms with Gasteiger partial charge in [-0.05, 0) is 6.42 Å². The van der Waals surface area contributed by atoms with Crippen LogP contribution in [-0.4, -0.2) is 35.3 Å². The van der Waals surface area contributed by atoms with Crippen molar-refractivity contribution in [1.82, 2.24) is 10.2 Å². The molecule has 0 aromatic heterocycles. The van der Waals surface area contributed by atoms with E-state index in [9.17, 15) is 14.4 Å². The van der Waals surface area contributed by atoms with E-state index in [1.54, 1.807) is 0 Å². The first-order valence-electron chi connectivity index (χ1n) is 4.46. The van der Waals surface area contributed by atoms with E-state index in [1.165, 1.54) is 0 Å². The molecule has 1 aliphatic heterocycles. The summed E-state index contributed by atoms with van der Waals surface area (Å²) in [5, 5.41) is 2.41. The van der Waals surface area contributed by atoms with Crippen LogP contribution in [0.5, 0.6) is 0 Å². The lowest BCUT2D eigenvalue weighted by atomic mass is 10.2. The van der Waals surface area contributed by atoms with E-state index in [-0.39, 0.29) is 12.3 Å². The zero-order valence-corrected chi connectivity index (χ0v) is 7.95. The van der Waals surface area contributed by atoms with Gasteiger partial charge >= 0.3 is 6.03 Å². The van der Waals surface area contributed by atoms with Gasteiger partial charge in [0.25, 0.3) is 5.91 Å². The van der Waals surface area contributed by atoms with Gasteiger partial charge in [0.1, 0.15) is 6.04 Å². The minimum absolute atomic E-state index is 0.134. The van der Waals surface area contributed by atoms with Crippen LogP contribution in [0, 0.1) is 0 Å². The summed E-state index contributed by atoms with van der Waals surface area (Å²) in [5.41, 5.74) is 4.94. The Bertz CT molecular complexity index is 277. The monoisotopic (exact) mass is 199 g/mol. The van der Waals surface area contributed by atoms with Gasteiger partial charge in [0.2, 0.25) is 5.91 Å². The van der Waals surface area contributed by atoms with Crippen molar-refractivity contribution in [3.05, 3.63) is 0 Å². The van der Waals surface area contributed by atoms with Crippen LogP contribution in [-0.2, 0) is 9.59 Å². The van der Waals surface area contributed by atoms with E-state index >= 15 is 0 Å². The first kappa shape index (κ1) is 10.5. The van der Waals surface area contributed by atoms with Gasteiger partial charge in [-0.3, -0.25) is 14.5 Å². The molecule has 0 radical (unpaired) electrons. The van der Waals surface area contributed by atoms with Gasteiger partial charge < -0.3 is 11.1 Å². The van der Waals surface area contributed by atoms with Crippen LogP contribution in [0.1, 0.15) is 19.8 Å². The Morgan fingerprint density at radius 1 is 1.57 bits per heavy atom. The molecule has 0 bridgehead atoms. The maximum absolute atomic E-state index is 11.5. The average molecular weight is 199 g/mol. The molecule has 6 heteroatoms. The fourth-order valence-electron chi connectivity index (χ4n) is 1.35. The van der Waals surface area contributed by atoms with Gasteiger partial charge in [0.05, 0.1) is 6.42 Å². The highest BCUT2D eigenvalue weighted by Gasteiger charge is 2.37. The molecule has 1 atom stereocenters. The lowest BCUT2D eigenvalue weighted by Crippen LogP contribution is -2.34. The summed E-state index contributed by atoms with van der Waals surface area (Å²) in [6.45, 7) is 2.24. The van der Waals surface area contributed by atoms with Crippen LogP contribution >= 0.6 is 0 Å². The number of nitrogens with one attached hydrogen (secondary N) is 1. The smallest absolute Gasteiger partial charge is 0.324 e. The Hall–Kier alpha value is -1.59. The summed E-state index contributed by atoms with van der Waals surface area (Å²) in [6, 6.07) is -1.21. The number of rotatable bonds is 4. The predicted octanol–water partition coefficient (Wildman–Crippen LogP) is -0.808. The Labute approximate surface area is 81.4 Å². The number of carbonyl (C=O) groups excluding carboxylic acids is 3. The van der Waals surface area contributed by atoms with Crippen LogP contribution in [0.4, 0.5) is 4.79 Å². The van der Waals surface area contributed by atoms with E-state index in [4.69, 9.17) is 5.73 Å². The van der Waals surface area contributed by atoms with Crippen LogP contribution in [0.15, 0.2) is 0 Å². The maximum Gasteiger partial charge on any atom is 0.324 e. The highest BCUT2D eigenvalue weighted by atomic mass is 16.2. The van der Waals surface area contributed by atoms with Gasteiger partial charge in [0.15, 0.2) is 0 Å². The lowest BCUT2D eigenvalue weighted by molar-refractivity contribution is -0.130. The highest BCUT2D eigenvalue weighted by molar-refractivity contribution is 6.05. The Kier molecular flexibility index (Phi) is 3.06. The molecule has 1 rings (SSSR count). The third-order valence-corrected chi connectivity index (χ3v) is 1.96. The van der Waals surface area contributed by atoms with E-state index in [0.29, 0.717) is 13.0 Å². The Morgan fingerprint density at radius 2 is 2.21 bits per heavy atom. The minimum Gasteiger partial charge on any atom is -0.370 e. The molecule has 78 valence electrons. The standard InChI is InChI=1S/C8H13N3O3/c1-2-3-11-7(13)5(4-6(9)12)10-8(11)14/h5H,2-4H2,1H3,(H2,9,12)(H,10,14). The van der Waals surface area contributed by atoms with Crippen LogP contribution in [0.25, 0.3) is 0 Å². The minimum atomic E-state index is -0.772. The van der Waals surface area contributed by atoms with E-state index < -0.39 is 18.0 Å². The van der Waals surface area contributed by atoms with Crippen LogP contribution in [0.2, 0.25) is 0 Å². The van der Waals surface area contributed by atoms with Crippen LogP contribution < -0.4 is 11.1 Å². The number of urea groups is 1. The topological polar surface area (TPSA) is 92.5 Å². The largest absolute Gasteiger partial charge is 0.370 e. The fourth-order valence-corrected chi connectivity index (χ4v) is 1.35. The van der Waals surface area contributed by atoms with Gasteiger partial charge in [-0.15, -0.1) is 0 Å². The molecule has 14 heavy (non-hydrogen) atoms. The molecule has 1 saturated heterocycles. The molecule has 4 amide bonds. The molecule has 1 fully saturated rings. The first-order valence-corrected chi connectivity index (χ1v) is 4.46. The Morgan fingerprint density at radius 3 is 2.71 bits per heavy atom. The maximum atomic E-state index is 11.5. The second-order valence-corrected chi connectivity index (χ2v) is 3.16. The number of hydrogen-bond donors (Lipinski definition) is 2. The number of hydrogen-bond acceptors (Lipinski definition) is 3. The molecule has 3 N–H and O–H groups in total. The second-order valence-electron chi connectivity index (χ2n) is 3.16. The number of amides is 4. The molecule has 6 nitrogen and oxygen atoms in total. The molecule has 0 aromatic carbocycles. The van der Waals surface area contributed by atoms with Crippen molar-refractivity contribution >= 4 is 17.8 Å². The quantitative estimate of drug-likeness (QED) is 0.580. The third-order valence-electron chi connectivity index (χ3n) is 1.96. The molecule has 0 saturated carbocycles. The van der Waals surface area contributed by atoms with Crippen molar-refractivity contribution < 1.29 is 14.4 Å². The van der Waals surface area contributed by atoms with Crippen molar-refractivity contribution in [1.29, 1.82) is 0 Å². The lowest BCUT2D eigenvalue weighted by Gasteiger charge is -2.10. The van der Waals surface area contributed by atoms with Gasteiger partial charge in [0, 0.05) is 6.54 Å². The summed E-state index contributed by atoms with van der Waals surface area (Å²) in [7, 11) is 0. The SMILES string of the molecule is CCCN1C(=O)NC(CC(N)=O)C1=O. The summed E-state index contributed by atoms with van der Waals surface area (Å²) in [6.07, 6.45) is 0.563. The average Bonchev–Trinajstić information content (AvgIpc) is 2.32. The van der Waals surface area contributed by atoms with Crippen LogP contribution in [0.3, 0.4) is 0 Å². The molecular formula is C8H13N3O3. The van der Waals surface area contributed by atoms with Crippen molar-refractivity contribution in [2.45, 2.75) is 25.8 Å². The van der Waals surface area contributed by atoms with Crippen molar-refractivity contribution in [3.8, 4) is 0 Å². The van der Waals surface area contributed by atoms with Crippen molar-refractivity contribution in [2.75, 3.05) is 6.54 Å². The fraction of sp³-hybridized carbons (Fsp3) is 0.625. The molecule has 0 aliphatic carbocycles. The first-order chi connectivity index (χ1) is 6.56. The normalized spacial score (nSPS) is 21.2. The number of carbonyl (C=O) groups is 3. The van der Waals surface area contributed by atoms with Crippen molar-refractivity contribution in [3.63, 3.8) is 0 Å². The zero-order valence-electron chi connectivity index (χ0n) is 7.95. The second kappa shape index (κ2) is 4.08. The summed E-state index contributed by atoms with van der Waals surface area (Å²) >= 11 is 0. The van der Waals surface area contributed by atoms with Gasteiger partial charge in [-0.25, -0.2) is 4.79 Å². The Balaban J connectivity index is 2.64. The number of primary amides is 1. The number of nitrogens with zero attached hydrogens (tertiary/aromatic N) is 1. The van der Waals surface area contributed by atoms with E-state index in [0.717, 1.165) is 4.90 Å². The summed E-state index contributed by atoms with van der Waals surface area (Å²) in [4.78, 5) is 34.4. The highest BCUT2D eigenvalue weighted by Crippen LogP contribution is 2.09. The number of imide groups is 1. The molecule has 0 aromatic rings. The van der Waals surface area contributed by atoms with Gasteiger partial charge in [-0.1, -0.05) is 6.92 Å². The third kappa shape index (κ3) is 2.01.